The van der Waals surface area contributed by atoms with Crippen LogP contribution in [-0.4, -0.2) is 67.1 Å². The number of halogens is 1. The Morgan fingerprint density at radius 3 is 2.61 bits per heavy atom. The normalized spacial score (nSPS) is 11.6. The van der Waals surface area contributed by atoms with Crippen molar-refractivity contribution in [1.82, 2.24) is 29.0 Å². The Labute approximate surface area is 235 Å². The van der Waals surface area contributed by atoms with Crippen molar-refractivity contribution in [3.63, 3.8) is 0 Å². The summed E-state index contributed by atoms with van der Waals surface area (Å²) in [6.07, 6.45) is 2.79. The molecule has 0 aliphatic heterocycles. The summed E-state index contributed by atoms with van der Waals surface area (Å²) in [7, 11) is 1.57. The van der Waals surface area contributed by atoms with Gasteiger partial charge in [-0.1, -0.05) is 13.8 Å². The number of imidazole rings is 1. The number of hydrogen-bond donors (Lipinski definition) is 3. The lowest BCUT2D eigenvalue weighted by Gasteiger charge is -2.21. The molecule has 4 rings (SSSR count). The Balaban J connectivity index is 1.49. The van der Waals surface area contributed by atoms with Crippen LogP contribution in [0.5, 0.6) is 0 Å². The van der Waals surface area contributed by atoms with E-state index in [4.69, 9.17) is 4.74 Å². The average molecular weight is 570 g/mol. The summed E-state index contributed by atoms with van der Waals surface area (Å²) in [5, 5.41) is 3.17. The van der Waals surface area contributed by atoms with Crippen LogP contribution in [0, 0.1) is 5.82 Å². The highest BCUT2D eigenvalue weighted by Crippen LogP contribution is 2.29. The van der Waals surface area contributed by atoms with Gasteiger partial charge < -0.3 is 19.6 Å². The van der Waals surface area contributed by atoms with Crippen molar-refractivity contribution in [2.75, 3.05) is 31.6 Å². The maximum absolute atomic E-state index is 14.0. The molecule has 220 valence electrons. The number of benzene rings is 1. The first-order chi connectivity index (χ1) is 19.7. The fourth-order valence-electron chi connectivity index (χ4n) is 5.01. The molecule has 0 atom stereocenters. The van der Waals surface area contributed by atoms with E-state index in [-0.39, 0.29) is 30.4 Å². The second kappa shape index (κ2) is 12.9. The van der Waals surface area contributed by atoms with Gasteiger partial charge in [0.05, 0.1) is 18.8 Å². The molecule has 0 aliphatic rings. The summed E-state index contributed by atoms with van der Waals surface area (Å²) < 4.78 is 22.3. The molecular formula is C28H36FN7O5. The predicted molar refractivity (Wildman–Crippen MR) is 154 cm³/mol. The van der Waals surface area contributed by atoms with Gasteiger partial charge in [0, 0.05) is 30.9 Å². The van der Waals surface area contributed by atoms with Gasteiger partial charge in [-0.15, -0.1) is 0 Å². The van der Waals surface area contributed by atoms with Crippen LogP contribution in [0.1, 0.15) is 56.3 Å². The topological polar surface area (TPSA) is 147 Å². The molecule has 3 heterocycles. The Bertz CT molecular complexity index is 1680. The molecule has 41 heavy (non-hydrogen) atoms. The molecule has 4 aromatic rings. The molecule has 0 fully saturated rings. The second-order valence-electron chi connectivity index (χ2n) is 9.88. The third-order valence-corrected chi connectivity index (χ3v) is 6.82. The number of amides is 1. The molecular weight excluding hydrogens is 533 g/mol. The molecule has 0 radical (unpaired) electrons. The van der Waals surface area contributed by atoms with Crippen LogP contribution >= 0.6 is 0 Å². The van der Waals surface area contributed by atoms with Crippen LogP contribution in [0.2, 0.25) is 0 Å². The number of carbonyl (C=O) groups excluding carboxylic acids is 2. The van der Waals surface area contributed by atoms with Crippen molar-refractivity contribution in [2.45, 2.75) is 53.0 Å². The van der Waals surface area contributed by atoms with Gasteiger partial charge in [0.15, 0.2) is 11.2 Å². The van der Waals surface area contributed by atoms with Crippen LogP contribution in [0.3, 0.4) is 0 Å². The van der Waals surface area contributed by atoms with Gasteiger partial charge in [-0.05, 0) is 57.5 Å². The van der Waals surface area contributed by atoms with Gasteiger partial charge in [-0.2, -0.15) is 0 Å². The first kappa shape index (κ1) is 29.7. The molecule has 3 aromatic heterocycles. The van der Waals surface area contributed by atoms with Crippen LogP contribution in [0.15, 0.2) is 27.8 Å². The summed E-state index contributed by atoms with van der Waals surface area (Å²) in [4.78, 5) is 62.2. The van der Waals surface area contributed by atoms with Crippen molar-refractivity contribution in [1.29, 1.82) is 0 Å². The number of H-pyrrole nitrogens is 2. The lowest BCUT2D eigenvalue weighted by molar-refractivity contribution is -0.117. The highest BCUT2D eigenvalue weighted by Gasteiger charge is 2.22. The Kier molecular flexibility index (Phi) is 9.38. The smallest absolute Gasteiger partial charge is 0.356 e. The van der Waals surface area contributed by atoms with Crippen LogP contribution in [0.25, 0.3) is 22.1 Å². The third-order valence-electron chi connectivity index (χ3n) is 6.82. The van der Waals surface area contributed by atoms with E-state index in [2.05, 4.69) is 20.3 Å². The molecule has 0 unspecified atom stereocenters. The van der Waals surface area contributed by atoms with Crippen molar-refractivity contribution >= 4 is 39.6 Å². The number of carbonyl (C=O) groups is 2. The Morgan fingerprint density at radius 1 is 1.12 bits per heavy atom. The van der Waals surface area contributed by atoms with Gasteiger partial charge in [0.25, 0.3) is 5.56 Å². The molecule has 0 saturated carbocycles. The zero-order valence-corrected chi connectivity index (χ0v) is 23.8. The molecule has 0 saturated heterocycles. The predicted octanol–water partition coefficient (Wildman–Crippen LogP) is 2.91. The summed E-state index contributed by atoms with van der Waals surface area (Å²) in [6, 6.07) is 4.04. The molecule has 0 bridgehead atoms. The standard InChI is InChI=1S/C28H36FN7O5/c1-5-12-35(14-8-9-20-31-25-24(36(20)13-6-2)26(38)33-28(40)34(25)4)16-21(37)32-22-18-15-17(29)10-11-19(18)30-23(22)27(39)41-7-3/h10-11,15,30H,5-9,12-14,16H2,1-4H3,(H,32,37)(H,33,38,40). The van der Waals surface area contributed by atoms with Crippen LogP contribution < -0.4 is 16.6 Å². The summed E-state index contributed by atoms with van der Waals surface area (Å²) in [5.41, 5.74) is 0.492. The highest BCUT2D eigenvalue weighted by molar-refractivity contribution is 6.11. The van der Waals surface area contributed by atoms with E-state index in [1.807, 2.05) is 23.3 Å². The number of aromatic amines is 2. The minimum Gasteiger partial charge on any atom is -0.461 e. The van der Waals surface area contributed by atoms with Crippen molar-refractivity contribution in [2.24, 2.45) is 7.05 Å². The van der Waals surface area contributed by atoms with Gasteiger partial charge in [-0.25, -0.2) is 19.0 Å². The second-order valence-corrected chi connectivity index (χ2v) is 9.88. The summed E-state index contributed by atoms with van der Waals surface area (Å²) in [5.74, 6) is -0.787. The number of hydrogen-bond acceptors (Lipinski definition) is 7. The Hall–Kier alpha value is -4.26. The minimum absolute atomic E-state index is 0.0532. The molecule has 1 amide bonds. The van der Waals surface area contributed by atoms with E-state index in [0.717, 1.165) is 12.8 Å². The van der Waals surface area contributed by atoms with Crippen molar-refractivity contribution in [3.8, 4) is 0 Å². The summed E-state index contributed by atoms with van der Waals surface area (Å²) >= 11 is 0. The molecule has 1 aromatic carbocycles. The maximum Gasteiger partial charge on any atom is 0.356 e. The molecule has 13 heteroatoms. The lowest BCUT2D eigenvalue weighted by atomic mass is 10.2. The fourth-order valence-corrected chi connectivity index (χ4v) is 5.01. The van der Waals surface area contributed by atoms with E-state index in [1.54, 1.807) is 14.0 Å². The molecule has 3 N–H and O–H groups in total. The zero-order valence-electron chi connectivity index (χ0n) is 23.8. The third kappa shape index (κ3) is 6.40. The number of nitrogens with zero attached hydrogens (tertiary/aromatic N) is 4. The Morgan fingerprint density at radius 2 is 1.90 bits per heavy atom. The van der Waals surface area contributed by atoms with E-state index in [1.165, 1.54) is 22.8 Å². The number of nitrogens with one attached hydrogen (secondary N) is 3. The lowest BCUT2D eigenvalue weighted by Crippen LogP contribution is -2.35. The number of aromatic nitrogens is 5. The zero-order chi connectivity index (χ0) is 29.7. The molecule has 0 aliphatic carbocycles. The van der Waals surface area contributed by atoms with E-state index in [0.29, 0.717) is 60.4 Å². The highest BCUT2D eigenvalue weighted by atomic mass is 19.1. The number of anilines is 1. The fraction of sp³-hybridized carbons (Fsp3) is 0.464. The van der Waals surface area contributed by atoms with Crippen LogP contribution in [0.4, 0.5) is 10.1 Å². The van der Waals surface area contributed by atoms with Gasteiger partial charge in [0.2, 0.25) is 5.91 Å². The first-order valence-electron chi connectivity index (χ1n) is 13.9. The van der Waals surface area contributed by atoms with Gasteiger partial charge >= 0.3 is 11.7 Å². The van der Waals surface area contributed by atoms with E-state index >= 15 is 0 Å². The maximum atomic E-state index is 14.0. The SMILES string of the molecule is CCCN(CCCc1nc2c(c(=O)[nH]c(=O)n2C)n1CCC)CC(=O)Nc1c(C(=O)OCC)[nH]c2ccc(F)cc12. The monoisotopic (exact) mass is 569 g/mol. The summed E-state index contributed by atoms with van der Waals surface area (Å²) in [6.45, 7) is 7.70. The molecule has 12 nitrogen and oxygen atoms in total. The quantitative estimate of drug-likeness (QED) is 0.210. The van der Waals surface area contributed by atoms with Gasteiger partial charge in [-0.3, -0.25) is 24.0 Å². The largest absolute Gasteiger partial charge is 0.461 e. The van der Waals surface area contributed by atoms with Crippen LogP contribution in [-0.2, 0) is 29.5 Å². The van der Waals surface area contributed by atoms with Crippen molar-refractivity contribution < 1.29 is 18.7 Å². The first-order valence-corrected chi connectivity index (χ1v) is 13.9. The minimum atomic E-state index is -0.642. The van der Waals surface area contributed by atoms with E-state index in [9.17, 15) is 23.6 Å². The number of esters is 1. The van der Waals surface area contributed by atoms with E-state index < -0.39 is 23.0 Å². The number of fused-ring (bicyclic) bond motifs is 2. The average Bonchev–Trinajstić information content (AvgIpc) is 3.46. The number of rotatable bonds is 13. The van der Waals surface area contributed by atoms with Crippen molar-refractivity contribution in [3.05, 3.63) is 56.4 Å². The molecule has 0 spiro atoms. The number of aryl methyl sites for hydroxylation is 3. The number of ether oxygens (including phenoxy) is 1. The van der Waals surface area contributed by atoms with Gasteiger partial charge in [0.1, 0.15) is 17.3 Å².